The van der Waals surface area contributed by atoms with Gasteiger partial charge in [0.25, 0.3) is 0 Å². The molecule has 0 aliphatic heterocycles. The van der Waals surface area contributed by atoms with Crippen molar-refractivity contribution in [3.8, 4) is 5.75 Å². The van der Waals surface area contributed by atoms with Crippen molar-refractivity contribution in [2.24, 2.45) is 0 Å². The Hall–Kier alpha value is 0.420. The second-order valence-electron chi connectivity index (χ2n) is 2.93. The zero-order valence-electron chi connectivity index (χ0n) is 7.74. The molecule has 0 saturated carbocycles. The monoisotopic (exact) mass is 385 g/mol. The minimum Gasteiger partial charge on any atom is -0.506 e. The number of hydrogen-bond donors (Lipinski definition) is 2. The van der Waals surface area contributed by atoms with Crippen LogP contribution in [0.1, 0.15) is 18.5 Å². The van der Waals surface area contributed by atoms with Gasteiger partial charge in [-0.05, 0) is 51.9 Å². The van der Waals surface area contributed by atoms with Crippen LogP contribution < -0.4 is 5.32 Å². The number of phenolic OH excluding ortho intramolecular Hbond substituents is 1. The Balaban J connectivity index is 3.36. The highest BCUT2D eigenvalue weighted by Crippen LogP contribution is 2.41. The quantitative estimate of drug-likeness (QED) is 0.805. The maximum absolute atomic E-state index is 9.71. The Kier molecular flexibility index (Phi) is 4.43. The second kappa shape index (κ2) is 4.96. The molecule has 2 nitrogen and oxygen atoms in total. The number of hydrogen-bond acceptors (Lipinski definition) is 2. The predicted octanol–water partition coefficient (Wildman–Crippen LogP) is 3.96. The number of halogens is 3. The average molecular weight is 388 g/mol. The lowest BCUT2D eigenvalue weighted by Crippen LogP contribution is -2.13. The molecule has 0 aromatic heterocycles. The predicted molar refractivity (Wildman–Crippen MR) is 68.7 cm³/mol. The summed E-state index contributed by atoms with van der Waals surface area (Å²) in [5.41, 5.74) is 1.01. The molecule has 14 heavy (non-hydrogen) atoms. The van der Waals surface area contributed by atoms with Gasteiger partial charge >= 0.3 is 0 Å². The number of nitrogens with one attached hydrogen (secondary N) is 1. The van der Waals surface area contributed by atoms with Crippen molar-refractivity contribution < 1.29 is 5.11 Å². The van der Waals surface area contributed by atoms with E-state index in [2.05, 4.69) is 53.1 Å². The van der Waals surface area contributed by atoms with Gasteiger partial charge in [-0.25, -0.2) is 0 Å². The van der Waals surface area contributed by atoms with Crippen molar-refractivity contribution in [3.63, 3.8) is 0 Å². The van der Waals surface area contributed by atoms with Crippen LogP contribution in [-0.4, -0.2) is 12.2 Å². The molecule has 0 unspecified atom stereocenters. The maximum atomic E-state index is 9.71. The number of benzene rings is 1. The smallest absolute Gasteiger partial charge is 0.144 e. The van der Waals surface area contributed by atoms with Crippen LogP contribution in [0, 0.1) is 0 Å². The van der Waals surface area contributed by atoms with Gasteiger partial charge < -0.3 is 10.4 Å². The molecule has 0 aliphatic rings. The Morgan fingerprint density at radius 3 is 2.36 bits per heavy atom. The summed E-state index contributed by atoms with van der Waals surface area (Å²) in [7, 11) is 1.88. The van der Waals surface area contributed by atoms with Crippen molar-refractivity contribution in [2.75, 3.05) is 7.05 Å². The van der Waals surface area contributed by atoms with E-state index in [0.717, 1.165) is 10.0 Å². The van der Waals surface area contributed by atoms with Crippen LogP contribution in [0.5, 0.6) is 5.75 Å². The Morgan fingerprint density at radius 2 is 1.86 bits per heavy atom. The number of phenols is 1. The van der Waals surface area contributed by atoms with E-state index in [-0.39, 0.29) is 11.8 Å². The molecule has 2 N–H and O–H groups in total. The summed E-state index contributed by atoms with van der Waals surface area (Å²) >= 11 is 10.1. The topological polar surface area (TPSA) is 32.3 Å². The third-order valence-electron chi connectivity index (χ3n) is 2.05. The van der Waals surface area contributed by atoms with Crippen LogP contribution in [0.2, 0.25) is 0 Å². The van der Waals surface area contributed by atoms with E-state index >= 15 is 0 Å². The van der Waals surface area contributed by atoms with Gasteiger partial charge in [-0.1, -0.05) is 15.9 Å². The first-order chi connectivity index (χ1) is 6.49. The minimum absolute atomic E-state index is 0.165. The second-order valence-corrected chi connectivity index (χ2v) is 5.43. The van der Waals surface area contributed by atoms with Crippen molar-refractivity contribution >= 4 is 47.8 Å². The Bertz CT molecular complexity index is 354. The van der Waals surface area contributed by atoms with Crippen molar-refractivity contribution in [1.29, 1.82) is 0 Å². The van der Waals surface area contributed by atoms with E-state index in [4.69, 9.17) is 0 Å². The SMILES string of the molecule is CN[C@@H](C)c1c(Br)cc(Br)c(O)c1Br. The normalized spacial score (nSPS) is 12.9. The molecule has 5 heteroatoms. The fourth-order valence-electron chi connectivity index (χ4n) is 1.14. The van der Waals surface area contributed by atoms with Gasteiger partial charge in [0.1, 0.15) is 5.75 Å². The molecular formula is C9H10Br3NO. The highest BCUT2D eigenvalue weighted by Gasteiger charge is 2.17. The van der Waals surface area contributed by atoms with Crippen molar-refractivity contribution in [3.05, 3.63) is 25.0 Å². The molecule has 0 heterocycles. The lowest BCUT2D eigenvalue weighted by molar-refractivity contribution is 0.465. The molecule has 0 spiro atoms. The average Bonchev–Trinajstić information content (AvgIpc) is 2.14. The molecule has 78 valence electrons. The molecule has 0 aliphatic carbocycles. The fourth-order valence-corrected chi connectivity index (χ4v) is 3.94. The zero-order chi connectivity index (χ0) is 10.9. The molecule has 1 atom stereocenters. The third-order valence-corrected chi connectivity index (χ3v) is 4.11. The van der Waals surface area contributed by atoms with E-state index in [0.29, 0.717) is 8.95 Å². The van der Waals surface area contributed by atoms with Gasteiger partial charge in [-0.3, -0.25) is 0 Å². The van der Waals surface area contributed by atoms with Gasteiger partial charge in [-0.15, -0.1) is 0 Å². The first kappa shape index (κ1) is 12.5. The summed E-state index contributed by atoms with van der Waals surface area (Å²) in [4.78, 5) is 0. The van der Waals surface area contributed by atoms with Crippen LogP contribution in [-0.2, 0) is 0 Å². The number of rotatable bonds is 2. The summed E-state index contributed by atoms with van der Waals surface area (Å²) in [6, 6.07) is 2.00. The summed E-state index contributed by atoms with van der Waals surface area (Å²) < 4.78 is 2.33. The summed E-state index contributed by atoms with van der Waals surface area (Å²) in [5.74, 6) is 0.227. The van der Waals surface area contributed by atoms with E-state index in [1.54, 1.807) is 0 Å². The minimum atomic E-state index is 0.165. The molecule has 0 fully saturated rings. The van der Waals surface area contributed by atoms with Gasteiger partial charge in [0.2, 0.25) is 0 Å². The first-order valence-corrected chi connectivity index (χ1v) is 6.40. The summed E-state index contributed by atoms with van der Waals surface area (Å²) in [6.45, 7) is 2.03. The van der Waals surface area contributed by atoms with Crippen molar-refractivity contribution in [2.45, 2.75) is 13.0 Å². The number of aromatic hydroxyl groups is 1. The van der Waals surface area contributed by atoms with Gasteiger partial charge in [-0.2, -0.15) is 0 Å². The largest absolute Gasteiger partial charge is 0.506 e. The Morgan fingerprint density at radius 1 is 1.29 bits per heavy atom. The lowest BCUT2D eigenvalue weighted by atomic mass is 10.1. The lowest BCUT2D eigenvalue weighted by Gasteiger charge is -2.16. The highest BCUT2D eigenvalue weighted by atomic mass is 79.9. The van der Waals surface area contributed by atoms with Gasteiger partial charge in [0.15, 0.2) is 0 Å². The van der Waals surface area contributed by atoms with Gasteiger partial charge in [0, 0.05) is 16.1 Å². The summed E-state index contributed by atoms with van der Waals surface area (Å²) in [6.07, 6.45) is 0. The van der Waals surface area contributed by atoms with Crippen LogP contribution in [0.3, 0.4) is 0 Å². The molecule has 1 aromatic carbocycles. The Labute approximate surface area is 108 Å². The van der Waals surface area contributed by atoms with E-state index < -0.39 is 0 Å². The van der Waals surface area contributed by atoms with Gasteiger partial charge in [0.05, 0.1) is 8.95 Å². The third kappa shape index (κ3) is 2.32. The molecule has 1 aromatic rings. The highest BCUT2D eigenvalue weighted by molar-refractivity contribution is 9.11. The summed E-state index contributed by atoms with van der Waals surface area (Å²) in [5, 5.41) is 12.8. The van der Waals surface area contributed by atoms with Crippen molar-refractivity contribution in [1.82, 2.24) is 5.32 Å². The molecule has 1 rings (SSSR count). The van der Waals surface area contributed by atoms with Crippen LogP contribution >= 0.6 is 47.8 Å². The fraction of sp³-hybridized carbons (Fsp3) is 0.333. The van der Waals surface area contributed by atoms with E-state index in [1.807, 2.05) is 20.0 Å². The van der Waals surface area contributed by atoms with Crippen LogP contribution in [0.15, 0.2) is 19.5 Å². The molecule has 0 amide bonds. The maximum Gasteiger partial charge on any atom is 0.144 e. The first-order valence-electron chi connectivity index (χ1n) is 4.02. The van der Waals surface area contributed by atoms with E-state index in [1.165, 1.54) is 0 Å². The van der Waals surface area contributed by atoms with E-state index in [9.17, 15) is 5.11 Å². The van der Waals surface area contributed by atoms with Crippen LogP contribution in [0.25, 0.3) is 0 Å². The molecule has 0 radical (unpaired) electrons. The molecular weight excluding hydrogens is 378 g/mol. The molecule has 0 bridgehead atoms. The van der Waals surface area contributed by atoms with Crippen LogP contribution in [0.4, 0.5) is 0 Å². The zero-order valence-corrected chi connectivity index (χ0v) is 12.5. The molecule has 0 saturated heterocycles. The standard InChI is InChI=1S/C9H10Br3NO/c1-4(13-2)7-5(10)3-6(11)9(14)8(7)12/h3-4,13-14H,1-2H3/t4-/m0/s1.